The first-order chi connectivity index (χ1) is 6.71. The molecule has 1 aromatic heterocycles. The maximum absolute atomic E-state index is 8.78. The van der Waals surface area contributed by atoms with Crippen molar-refractivity contribution in [1.82, 2.24) is 4.98 Å². The first-order valence-corrected chi connectivity index (χ1v) is 4.95. The van der Waals surface area contributed by atoms with E-state index in [1.54, 1.807) is 0 Å². The van der Waals surface area contributed by atoms with Crippen LogP contribution in [0, 0.1) is 11.3 Å². The van der Waals surface area contributed by atoms with E-state index in [-0.39, 0.29) is 18.4 Å². The van der Waals surface area contributed by atoms with Crippen molar-refractivity contribution >= 4 is 28.1 Å². The number of nitrogens with zero attached hydrogens (tertiary/aromatic N) is 2. The molecule has 1 rings (SSSR count). The van der Waals surface area contributed by atoms with E-state index in [2.05, 4.69) is 10.3 Å². The van der Waals surface area contributed by atoms with E-state index in [1.165, 1.54) is 0 Å². The van der Waals surface area contributed by atoms with Gasteiger partial charge in [-0.15, -0.1) is 0 Å². The van der Waals surface area contributed by atoms with E-state index < -0.39 is 6.04 Å². The lowest BCUT2D eigenvalue weighted by molar-refractivity contribution is 0.204. The van der Waals surface area contributed by atoms with Crippen molar-refractivity contribution in [2.24, 2.45) is 0 Å². The third-order valence-electron chi connectivity index (χ3n) is 1.46. The number of aliphatic hydroxyl groups excluding tert-OH is 2. The van der Waals surface area contributed by atoms with Crippen LogP contribution in [-0.2, 0) is 0 Å². The van der Waals surface area contributed by atoms with Gasteiger partial charge in [-0.05, 0) is 0 Å². The zero-order chi connectivity index (χ0) is 10.6. The van der Waals surface area contributed by atoms with Gasteiger partial charge in [-0.25, -0.2) is 4.98 Å². The number of hydrogen-bond acceptors (Lipinski definition) is 6. The highest BCUT2D eigenvalue weighted by atomic mass is 35.5. The fraction of sp³-hybridized carbons (Fsp3) is 0.429. The molecule has 76 valence electrons. The number of rotatable bonds is 4. The largest absolute Gasteiger partial charge is 0.394 e. The van der Waals surface area contributed by atoms with Crippen molar-refractivity contribution in [1.29, 1.82) is 5.26 Å². The second-order valence-electron chi connectivity index (χ2n) is 2.46. The van der Waals surface area contributed by atoms with Gasteiger partial charge < -0.3 is 15.5 Å². The topological polar surface area (TPSA) is 89.2 Å². The average molecular weight is 234 g/mol. The van der Waals surface area contributed by atoms with E-state index in [4.69, 9.17) is 27.1 Å². The van der Waals surface area contributed by atoms with Crippen LogP contribution in [0.2, 0.25) is 5.15 Å². The molecule has 0 aliphatic heterocycles. The Morgan fingerprint density at radius 2 is 2.21 bits per heavy atom. The fourth-order valence-corrected chi connectivity index (χ4v) is 1.78. The summed E-state index contributed by atoms with van der Waals surface area (Å²) in [6.45, 7) is -0.425. The van der Waals surface area contributed by atoms with E-state index >= 15 is 0 Å². The molecular weight excluding hydrogens is 226 g/mol. The van der Waals surface area contributed by atoms with Crippen LogP contribution in [0.25, 0.3) is 0 Å². The summed E-state index contributed by atoms with van der Waals surface area (Å²) in [6, 6.07) is 1.40. The Labute approximate surface area is 89.6 Å². The molecule has 0 unspecified atom stereocenters. The van der Waals surface area contributed by atoms with Crippen LogP contribution in [0.5, 0.6) is 0 Å². The summed E-state index contributed by atoms with van der Waals surface area (Å²) in [4.78, 5) is 4.15. The van der Waals surface area contributed by atoms with E-state index in [0.29, 0.717) is 10.0 Å². The Balaban J connectivity index is 2.73. The number of halogens is 1. The summed E-state index contributed by atoms with van der Waals surface area (Å²) in [6.07, 6.45) is 0. The number of nitriles is 1. The first-order valence-electron chi connectivity index (χ1n) is 3.76. The van der Waals surface area contributed by atoms with Gasteiger partial charge in [0, 0.05) is 0 Å². The number of nitrogens with one attached hydrogen (secondary N) is 1. The average Bonchev–Trinajstić information content (AvgIpc) is 2.55. The molecular formula is C7H8ClN3O2S. The van der Waals surface area contributed by atoms with Crippen LogP contribution >= 0.6 is 22.9 Å². The Morgan fingerprint density at radius 1 is 1.57 bits per heavy atom. The monoisotopic (exact) mass is 233 g/mol. The van der Waals surface area contributed by atoms with Gasteiger partial charge in [0.05, 0.1) is 19.3 Å². The van der Waals surface area contributed by atoms with E-state index in [0.717, 1.165) is 11.3 Å². The Hall–Kier alpha value is -0.870. The molecule has 3 N–H and O–H groups in total. The molecule has 14 heavy (non-hydrogen) atoms. The third kappa shape index (κ3) is 2.56. The van der Waals surface area contributed by atoms with E-state index in [1.807, 2.05) is 6.07 Å². The third-order valence-corrected chi connectivity index (χ3v) is 2.73. The van der Waals surface area contributed by atoms with Crippen LogP contribution in [-0.4, -0.2) is 34.5 Å². The van der Waals surface area contributed by atoms with Gasteiger partial charge >= 0.3 is 0 Å². The number of thiazole rings is 1. The first kappa shape index (κ1) is 11.2. The summed E-state index contributed by atoms with van der Waals surface area (Å²) < 4.78 is 0. The number of aliphatic hydroxyl groups is 2. The summed E-state index contributed by atoms with van der Waals surface area (Å²) in [5.74, 6) is 0. The molecule has 0 amide bonds. The smallest absolute Gasteiger partial charge is 0.185 e. The van der Waals surface area contributed by atoms with Gasteiger partial charge in [-0.1, -0.05) is 22.9 Å². The van der Waals surface area contributed by atoms with Gasteiger partial charge in [0.2, 0.25) is 0 Å². The Morgan fingerprint density at radius 3 is 2.64 bits per heavy atom. The van der Waals surface area contributed by atoms with Gasteiger partial charge in [0.1, 0.15) is 10.9 Å². The van der Waals surface area contributed by atoms with Gasteiger partial charge in [0.15, 0.2) is 10.3 Å². The second-order valence-corrected chi connectivity index (χ2v) is 3.81. The van der Waals surface area contributed by atoms with Crippen LogP contribution in [0.1, 0.15) is 4.88 Å². The zero-order valence-electron chi connectivity index (χ0n) is 7.07. The molecule has 0 aliphatic rings. The standard InChI is InChI=1S/C7H8ClN3O2S/c8-6-5(1-9)14-7(11-6)10-4(2-12)3-13/h4,12-13H,2-3H2,(H,10,11). The maximum Gasteiger partial charge on any atom is 0.185 e. The molecule has 0 aromatic carbocycles. The van der Waals surface area contributed by atoms with Crippen molar-refractivity contribution < 1.29 is 10.2 Å². The van der Waals surface area contributed by atoms with Crippen molar-refractivity contribution in [3.8, 4) is 6.07 Å². The van der Waals surface area contributed by atoms with Crippen molar-refractivity contribution in [2.75, 3.05) is 18.5 Å². The Kier molecular flexibility index (Phi) is 4.10. The number of aromatic nitrogens is 1. The molecule has 0 atom stereocenters. The minimum atomic E-state index is -0.483. The molecule has 5 nitrogen and oxygen atoms in total. The highest BCUT2D eigenvalue weighted by molar-refractivity contribution is 7.16. The molecule has 7 heteroatoms. The van der Waals surface area contributed by atoms with E-state index in [9.17, 15) is 0 Å². The zero-order valence-corrected chi connectivity index (χ0v) is 8.64. The quantitative estimate of drug-likeness (QED) is 0.702. The second kappa shape index (κ2) is 5.12. The highest BCUT2D eigenvalue weighted by Crippen LogP contribution is 2.26. The fourth-order valence-electron chi connectivity index (χ4n) is 0.756. The lowest BCUT2D eigenvalue weighted by Gasteiger charge is -2.10. The van der Waals surface area contributed by atoms with Crippen molar-refractivity contribution in [3.05, 3.63) is 10.0 Å². The molecule has 0 fully saturated rings. The summed E-state index contributed by atoms with van der Waals surface area (Å²) in [5, 5.41) is 29.4. The van der Waals surface area contributed by atoms with Crippen molar-refractivity contribution in [3.63, 3.8) is 0 Å². The van der Waals surface area contributed by atoms with Gasteiger partial charge in [-0.2, -0.15) is 5.26 Å². The molecule has 0 saturated carbocycles. The van der Waals surface area contributed by atoms with Crippen LogP contribution in [0.3, 0.4) is 0 Å². The number of anilines is 1. The van der Waals surface area contributed by atoms with Crippen LogP contribution in [0.4, 0.5) is 5.13 Å². The molecule has 0 radical (unpaired) electrons. The summed E-state index contributed by atoms with van der Waals surface area (Å²) in [7, 11) is 0. The molecule has 1 aromatic rings. The van der Waals surface area contributed by atoms with Gasteiger partial charge in [-0.3, -0.25) is 0 Å². The van der Waals surface area contributed by atoms with Crippen LogP contribution < -0.4 is 5.32 Å². The molecule has 0 spiro atoms. The normalized spacial score (nSPS) is 10.2. The molecule has 1 heterocycles. The maximum atomic E-state index is 8.78. The molecule has 0 bridgehead atoms. The predicted molar refractivity (Wildman–Crippen MR) is 53.4 cm³/mol. The Bertz CT molecular complexity index is 345. The van der Waals surface area contributed by atoms with Crippen molar-refractivity contribution in [2.45, 2.75) is 6.04 Å². The lowest BCUT2D eigenvalue weighted by Crippen LogP contribution is -2.27. The summed E-state index contributed by atoms with van der Waals surface area (Å²) >= 11 is 6.71. The molecule has 0 saturated heterocycles. The molecule has 0 aliphatic carbocycles. The highest BCUT2D eigenvalue weighted by Gasteiger charge is 2.12. The minimum Gasteiger partial charge on any atom is -0.394 e. The van der Waals surface area contributed by atoms with Gasteiger partial charge in [0.25, 0.3) is 0 Å². The SMILES string of the molecule is N#Cc1sc(NC(CO)CO)nc1Cl. The lowest BCUT2D eigenvalue weighted by atomic mass is 10.3. The predicted octanol–water partition coefficient (Wildman–Crippen LogP) is 0.433. The van der Waals surface area contributed by atoms with Crippen LogP contribution in [0.15, 0.2) is 0 Å². The number of hydrogen-bond donors (Lipinski definition) is 3. The summed E-state index contributed by atoms with van der Waals surface area (Å²) in [5.41, 5.74) is 0. The minimum absolute atomic E-state index is 0.134.